The van der Waals surface area contributed by atoms with Crippen LogP contribution in [-0.2, 0) is 0 Å². The molecule has 0 radical (unpaired) electrons. The minimum Gasteiger partial charge on any atom is -0.393 e. The number of carbonyl (C=O) groups excluding carboxylic acids is 1. The van der Waals surface area contributed by atoms with Crippen LogP contribution in [0.5, 0.6) is 0 Å². The maximum atomic E-state index is 11.8. The normalized spacial score (nSPS) is 24.7. The summed E-state index contributed by atoms with van der Waals surface area (Å²) in [5.74, 6) is 0.570. The van der Waals surface area contributed by atoms with E-state index in [-0.39, 0.29) is 12.0 Å². The van der Waals surface area contributed by atoms with Crippen molar-refractivity contribution in [2.45, 2.75) is 18.9 Å². The summed E-state index contributed by atoms with van der Waals surface area (Å²) in [6, 6.07) is 3.73. The molecule has 0 aliphatic heterocycles. The number of amides is 1. The van der Waals surface area contributed by atoms with Crippen molar-refractivity contribution in [3.63, 3.8) is 0 Å². The molecule has 1 aliphatic rings. The fraction of sp³-hybridized carbons (Fsp3) is 0.545. The van der Waals surface area contributed by atoms with Crippen LogP contribution in [0.1, 0.15) is 22.5 Å². The van der Waals surface area contributed by atoms with Crippen molar-refractivity contribution in [3.05, 3.63) is 22.4 Å². The predicted molar refractivity (Wildman–Crippen MR) is 60.0 cm³/mol. The van der Waals surface area contributed by atoms with Crippen LogP contribution in [0.4, 0.5) is 0 Å². The van der Waals surface area contributed by atoms with Crippen molar-refractivity contribution in [1.82, 2.24) is 4.90 Å². The molecule has 1 amide bonds. The fourth-order valence-corrected chi connectivity index (χ4v) is 2.63. The summed E-state index contributed by atoms with van der Waals surface area (Å²) in [6.45, 7) is 0.758. The monoisotopic (exact) mass is 225 g/mol. The lowest BCUT2D eigenvalue weighted by atomic mass is 9.82. The molecule has 0 spiro atoms. The van der Waals surface area contributed by atoms with E-state index in [2.05, 4.69) is 0 Å². The van der Waals surface area contributed by atoms with E-state index < -0.39 is 0 Å². The highest BCUT2D eigenvalue weighted by Crippen LogP contribution is 2.28. The largest absolute Gasteiger partial charge is 0.393 e. The standard InChI is InChI=1S/C11H15NO2S/c1-12(7-8-5-9(13)6-8)11(14)10-3-2-4-15-10/h2-4,8-9,13H,5-7H2,1H3. The van der Waals surface area contributed by atoms with E-state index >= 15 is 0 Å². The van der Waals surface area contributed by atoms with Crippen molar-refractivity contribution in [2.24, 2.45) is 5.92 Å². The van der Waals surface area contributed by atoms with Gasteiger partial charge < -0.3 is 10.0 Å². The van der Waals surface area contributed by atoms with Crippen LogP contribution in [0.25, 0.3) is 0 Å². The van der Waals surface area contributed by atoms with Crippen LogP contribution in [0, 0.1) is 5.92 Å². The first-order valence-electron chi connectivity index (χ1n) is 5.14. The summed E-state index contributed by atoms with van der Waals surface area (Å²) in [5.41, 5.74) is 0. The van der Waals surface area contributed by atoms with E-state index in [0.29, 0.717) is 5.92 Å². The molecule has 1 aliphatic carbocycles. The van der Waals surface area contributed by atoms with Gasteiger partial charge in [-0.25, -0.2) is 0 Å². The Balaban J connectivity index is 1.86. The molecule has 0 bridgehead atoms. The minimum atomic E-state index is -0.139. The molecule has 3 nitrogen and oxygen atoms in total. The third-order valence-electron chi connectivity index (χ3n) is 2.82. The summed E-state index contributed by atoms with van der Waals surface area (Å²) in [6.07, 6.45) is 1.53. The Morgan fingerprint density at radius 1 is 1.67 bits per heavy atom. The van der Waals surface area contributed by atoms with E-state index in [4.69, 9.17) is 5.11 Å². The molecule has 1 heterocycles. The molecule has 4 heteroatoms. The topological polar surface area (TPSA) is 40.5 Å². The van der Waals surface area contributed by atoms with E-state index in [1.54, 1.807) is 4.90 Å². The van der Waals surface area contributed by atoms with Gasteiger partial charge in [-0.3, -0.25) is 4.79 Å². The summed E-state index contributed by atoms with van der Waals surface area (Å²) < 4.78 is 0. The van der Waals surface area contributed by atoms with Crippen molar-refractivity contribution >= 4 is 17.2 Å². The first-order valence-corrected chi connectivity index (χ1v) is 6.02. The van der Waals surface area contributed by atoms with Gasteiger partial charge in [0.2, 0.25) is 0 Å². The Bertz CT molecular complexity index is 330. The van der Waals surface area contributed by atoms with Gasteiger partial charge in [-0.15, -0.1) is 11.3 Å². The van der Waals surface area contributed by atoms with E-state index in [9.17, 15) is 4.79 Å². The Labute approximate surface area is 93.3 Å². The number of hydrogen-bond acceptors (Lipinski definition) is 3. The smallest absolute Gasteiger partial charge is 0.263 e. The van der Waals surface area contributed by atoms with Crippen LogP contribution in [0.2, 0.25) is 0 Å². The van der Waals surface area contributed by atoms with E-state index in [1.165, 1.54) is 11.3 Å². The average molecular weight is 225 g/mol. The summed E-state index contributed by atoms with van der Waals surface area (Å²) in [5, 5.41) is 11.1. The van der Waals surface area contributed by atoms with Gasteiger partial charge in [-0.1, -0.05) is 6.07 Å². The van der Waals surface area contributed by atoms with Gasteiger partial charge >= 0.3 is 0 Å². The predicted octanol–water partition coefficient (Wildman–Crippen LogP) is 1.59. The average Bonchev–Trinajstić information content (AvgIpc) is 2.66. The molecule has 0 aromatic carbocycles. The zero-order valence-corrected chi connectivity index (χ0v) is 9.54. The lowest BCUT2D eigenvalue weighted by Crippen LogP contribution is -2.39. The van der Waals surface area contributed by atoms with Crippen LogP contribution in [0.3, 0.4) is 0 Å². The first kappa shape index (κ1) is 10.6. The quantitative estimate of drug-likeness (QED) is 0.848. The third kappa shape index (κ3) is 2.38. The molecule has 0 saturated heterocycles. The molecular formula is C11H15NO2S. The second kappa shape index (κ2) is 4.33. The molecule has 1 aromatic rings. The molecule has 2 rings (SSSR count). The van der Waals surface area contributed by atoms with Gasteiger partial charge in [0.15, 0.2) is 0 Å². The maximum absolute atomic E-state index is 11.8. The highest BCUT2D eigenvalue weighted by atomic mass is 32.1. The number of hydrogen-bond donors (Lipinski definition) is 1. The highest BCUT2D eigenvalue weighted by Gasteiger charge is 2.29. The highest BCUT2D eigenvalue weighted by molar-refractivity contribution is 7.12. The first-order chi connectivity index (χ1) is 7.16. The molecule has 15 heavy (non-hydrogen) atoms. The van der Waals surface area contributed by atoms with Gasteiger partial charge in [0.1, 0.15) is 0 Å². The Morgan fingerprint density at radius 2 is 2.40 bits per heavy atom. The molecular weight excluding hydrogens is 210 g/mol. The zero-order valence-electron chi connectivity index (χ0n) is 8.72. The molecule has 1 aromatic heterocycles. The lowest BCUT2D eigenvalue weighted by Gasteiger charge is -2.34. The Kier molecular flexibility index (Phi) is 3.07. The van der Waals surface area contributed by atoms with E-state index in [0.717, 1.165) is 24.3 Å². The maximum Gasteiger partial charge on any atom is 0.263 e. The molecule has 1 saturated carbocycles. The number of nitrogens with zero attached hydrogens (tertiary/aromatic N) is 1. The van der Waals surface area contributed by atoms with Gasteiger partial charge in [0.05, 0.1) is 11.0 Å². The molecule has 82 valence electrons. The molecule has 0 atom stereocenters. The van der Waals surface area contributed by atoms with Gasteiger partial charge in [0.25, 0.3) is 5.91 Å². The van der Waals surface area contributed by atoms with Crippen LogP contribution >= 0.6 is 11.3 Å². The lowest BCUT2D eigenvalue weighted by molar-refractivity contribution is 0.0266. The van der Waals surface area contributed by atoms with Crippen molar-refractivity contribution < 1.29 is 9.90 Å². The van der Waals surface area contributed by atoms with Gasteiger partial charge in [0, 0.05) is 13.6 Å². The van der Waals surface area contributed by atoms with E-state index in [1.807, 2.05) is 24.6 Å². The minimum absolute atomic E-state index is 0.0892. The Hall–Kier alpha value is -0.870. The third-order valence-corrected chi connectivity index (χ3v) is 3.68. The number of carbonyl (C=O) groups is 1. The van der Waals surface area contributed by atoms with Crippen molar-refractivity contribution in [1.29, 1.82) is 0 Å². The number of aliphatic hydroxyl groups is 1. The van der Waals surface area contributed by atoms with Crippen molar-refractivity contribution in [3.8, 4) is 0 Å². The fourth-order valence-electron chi connectivity index (χ4n) is 1.91. The number of thiophene rings is 1. The SMILES string of the molecule is CN(CC1CC(O)C1)C(=O)c1cccs1. The van der Waals surface area contributed by atoms with Crippen LogP contribution in [0.15, 0.2) is 17.5 Å². The molecule has 1 fully saturated rings. The number of rotatable bonds is 3. The summed E-state index contributed by atoms with van der Waals surface area (Å²) in [7, 11) is 1.83. The second-order valence-electron chi connectivity index (χ2n) is 4.15. The van der Waals surface area contributed by atoms with Crippen LogP contribution in [-0.4, -0.2) is 35.6 Å². The number of aliphatic hydroxyl groups excluding tert-OH is 1. The Morgan fingerprint density at radius 3 is 2.93 bits per heavy atom. The van der Waals surface area contributed by atoms with Crippen LogP contribution < -0.4 is 0 Å². The van der Waals surface area contributed by atoms with Gasteiger partial charge in [-0.05, 0) is 30.2 Å². The zero-order chi connectivity index (χ0) is 10.8. The van der Waals surface area contributed by atoms with Gasteiger partial charge in [-0.2, -0.15) is 0 Å². The molecule has 0 unspecified atom stereocenters. The van der Waals surface area contributed by atoms with Crippen molar-refractivity contribution in [2.75, 3.05) is 13.6 Å². The summed E-state index contributed by atoms with van der Waals surface area (Å²) in [4.78, 5) is 14.4. The molecule has 1 N–H and O–H groups in total. The summed E-state index contributed by atoms with van der Waals surface area (Å²) >= 11 is 1.47. The second-order valence-corrected chi connectivity index (χ2v) is 5.10.